The Morgan fingerprint density at radius 2 is 2.24 bits per heavy atom. The molecule has 1 aromatic heterocycles. The van der Waals surface area contributed by atoms with Gasteiger partial charge < -0.3 is 0 Å². The van der Waals surface area contributed by atoms with Crippen molar-refractivity contribution in [2.45, 2.75) is 19.8 Å². The van der Waals surface area contributed by atoms with E-state index < -0.39 is 0 Å². The second kappa shape index (κ2) is 6.06. The summed E-state index contributed by atoms with van der Waals surface area (Å²) in [6.07, 6.45) is 2.04. The fourth-order valence-corrected chi connectivity index (χ4v) is 3.57. The Balaban J connectivity index is 1.56. The van der Waals surface area contributed by atoms with E-state index >= 15 is 0 Å². The number of amides is 1. The third-order valence-electron chi connectivity index (χ3n) is 4.05. The molecule has 1 saturated heterocycles. The zero-order valence-corrected chi connectivity index (χ0v) is 13.0. The minimum atomic E-state index is 0.176. The molecule has 2 N–H and O–H groups in total. The Morgan fingerprint density at radius 3 is 2.95 bits per heavy atom. The van der Waals surface area contributed by atoms with E-state index in [1.165, 1.54) is 4.70 Å². The molecular weight excluding hydrogens is 283 g/mol. The predicted molar refractivity (Wildman–Crippen MR) is 88.1 cm³/mol. The van der Waals surface area contributed by atoms with E-state index in [1.54, 1.807) is 18.3 Å². The van der Waals surface area contributed by atoms with Gasteiger partial charge in [-0.25, -0.2) is 0 Å². The molecule has 3 rings (SSSR count). The first-order valence-electron chi connectivity index (χ1n) is 7.29. The number of piperidine rings is 1. The molecule has 1 aliphatic heterocycles. The van der Waals surface area contributed by atoms with Crippen molar-refractivity contribution < 1.29 is 9.53 Å². The van der Waals surface area contributed by atoms with Crippen LogP contribution in [0.25, 0.3) is 9.98 Å². The Hall–Kier alpha value is -1.56. The van der Waals surface area contributed by atoms with Crippen molar-refractivity contribution in [3.8, 4) is 5.75 Å². The predicted octanol–water partition coefficient (Wildman–Crippen LogP) is 2.46. The normalized spacial score (nSPS) is 16.1. The number of benzene rings is 1. The van der Waals surface area contributed by atoms with E-state index in [0.717, 1.165) is 48.5 Å². The van der Waals surface area contributed by atoms with Gasteiger partial charge in [0.1, 0.15) is 0 Å². The quantitative estimate of drug-likeness (QED) is 0.947. The summed E-state index contributed by atoms with van der Waals surface area (Å²) in [5.41, 5.74) is 5.81. The number of ether oxygens (including phenoxy) is 1. The number of nitrogens with zero attached hydrogens (tertiary/aromatic N) is 1. The Bertz CT molecular complexity index is 650. The number of hydrogen-bond acceptors (Lipinski definition) is 4. The molecule has 0 spiro atoms. The van der Waals surface area contributed by atoms with Crippen LogP contribution in [0.2, 0.25) is 0 Å². The summed E-state index contributed by atoms with van der Waals surface area (Å²) >= 11 is 1.59. The number of fused-ring (bicyclic) bond motifs is 1. The fraction of sp³-hybridized carbons (Fsp3) is 0.467. The van der Waals surface area contributed by atoms with Crippen LogP contribution in [0.5, 0.6) is 5.75 Å². The molecule has 1 aliphatic rings. The molecule has 6 heteroatoms. The molecule has 1 aromatic carbocycles. The fourth-order valence-electron chi connectivity index (χ4n) is 2.76. The van der Waals surface area contributed by atoms with Crippen LogP contribution in [-0.4, -0.2) is 37.4 Å². The monoisotopic (exact) mass is 302 g/mol. The maximum absolute atomic E-state index is 11.3. The second-order valence-electron chi connectivity index (χ2n) is 5.61. The molecule has 0 atom stereocenters. The summed E-state index contributed by atoms with van der Waals surface area (Å²) in [4.78, 5) is 14.0. The summed E-state index contributed by atoms with van der Waals surface area (Å²) in [5.74, 6) is 1.60. The van der Waals surface area contributed by atoms with Crippen molar-refractivity contribution in [1.29, 1.82) is 0 Å². The van der Waals surface area contributed by atoms with E-state index in [9.17, 15) is 4.79 Å². The third kappa shape index (κ3) is 3.37. The van der Waals surface area contributed by atoms with Gasteiger partial charge in [0.05, 0.1) is 0 Å². The number of hydrogen-bond donors (Lipinski definition) is 1. The first-order valence-corrected chi connectivity index (χ1v) is 8.11. The molecule has 0 saturated carbocycles. The standard InChI is InChI=1S/C15H19BN2O2S/c1-10(19)18-6-4-11(5-7-18)9-20-12-2-3-14-13(8-12)16-15(17)21-14/h2-3,8,11H,4-7,9,17H2,1H3. The number of likely N-dealkylation sites (tertiary alicyclic amines) is 1. The van der Waals surface area contributed by atoms with Gasteiger partial charge >= 0.3 is 129 Å². The van der Waals surface area contributed by atoms with Crippen LogP contribution in [0.3, 0.4) is 0 Å². The molecule has 110 valence electrons. The summed E-state index contributed by atoms with van der Waals surface area (Å²) in [7, 11) is 0. The summed E-state index contributed by atoms with van der Waals surface area (Å²) in [6.45, 7) is 6.04. The number of carbonyl (C=O) groups is 1. The van der Waals surface area contributed by atoms with Crippen LogP contribution in [0.15, 0.2) is 18.2 Å². The Labute approximate surface area is 129 Å². The van der Waals surface area contributed by atoms with Gasteiger partial charge in [-0.15, -0.1) is 0 Å². The first-order chi connectivity index (χ1) is 10.1. The number of nitrogen functional groups attached to an aromatic ring is 1. The molecule has 21 heavy (non-hydrogen) atoms. The van der Waals surface area contributed by atoms with E-state index in [2.05, 4.69) is 6.07 Å². The summed E-state index contributed by atoms with van der Waals surface area (Å²) in [6, 6.07) is 6.11. The van der Waals surface area contributed by atoms with Crippen molar-refractivity contribution in [3.05, 3.63) is 18.2 Å². The van der Waals surface area contributed by atoms with Gasteiger partial charge in [-0.05, 0) is 0 Å². The average molecular weight is 302 g/mol. The number of nitrogens with two attached hydrogens (primary N) is 1. The van der Waals surface area contributed by atoms with Crippen LogP contribution in [0, 0.1) is 5.92 Å². The van der Waals surface area contributed by atoms with Crippen LogP contribution < -0.4 is 10.5 Å². The first kappa shape index (κ1) is 14.4. The van der Waals surface area contributed by atoms with Crippen LogP contribution >= 0.6 is 11.3 Å². The molecule has 0 aliphatic carbocycles. The molecule has 2 heterocycles. The number of anilines is 1. The van der Waals surface area contributed by atoms with Crippen LogP contribution in [0.4, 0.5) is 4.90 Å². The number of carbonyl (C=O) groups excluding carboxylic acids is 1. The Kier molecular flexibility index (Phi) is 4.15. The van der Waals surface area contributed by atoms with Gasteiger partial charge in [-0.2, -0.15) is 0 Å². The molecule has 4 nitrogen and oxygen atoms in total. The van der Waals surface area contributed by atoms with Gasteiger partial charge in [-0.1, -0.05) is 0 Å². The zero-order valence-electron chi connectivity index (χ0n) is 12.2. The van der Waals surface area contributed by atoms with E-state index in [4.69, 9.17) is 10.5 Å². The van der Waals surface area contributed by atoms with Gasteiger partial charge in [0, 0.05) is 0 Å². The van der Waals surface area contributed by atoms with Gasteiger partial charge in [0.25, 0.3) is 0 Å². The average Bonchev–Trinajstić information content (AvgIpc) is 2.84. The second-order valence-corrected chi connectivity index (χ2v) is 6.72. The zero-order chi connectivity index (χ0) is 14.8. The van der Waals surface area contributed by atoms with Crippen molar-refractivity contribution in [2.75, 3.05) is 25.4 Å². The van der Waals surface area contributed by atoms with Gasteiger partial charge in [0.15, 0.2) is 0 Å². The van der Waals surface area contributed by atoms with Crippen molar-refractivity contribution >= 4 is 39.0 Å². The molecule has 1 fully saturated rings. The summed E-state index contributed by atoms with van der Waals surface area (Å²) < 4.78 is 7.11. The molecule has 2 aromatic rings. The van der Waals surface area contributed by atoms with Gasteiger partial charge in [0.2, 0.25) is 0 Å². The SMILES string of the molecule is CC(=O)N1CCC(COc2ccc3sc(N)bc3c2)CC1. The minimum absolute atomic E-state index is 0.176. The van der Waals surface area contributed by atoms with Crippen molar-refractivity contribution in [1.82, 2.24) is 4.90 Å². The van der Waals surface area contributed by atoms with Crippen LogP contribution in [-0.2, 0) is 4.79 Å². The summed E-state index contributed by atoms with van der Waals surface area (Å²) in [5, 5.41) is 1.14. The molecule has 0 unspecified atom stereocenters. The molecule has 1 amide bonds. The van der Waals surface area contributed by atoms with E-state index in [1.807, 2.05) is 23.9 Å². The Morgan fingerprint density at radius 1 is 1.48 bits per heavy atom. The van der Waals surface area contributed by atoms with Crippen LogP contribution in [0.1, 0.15) is 19.8 Å². The molecule has 0 bridgehead atoms. The van der Waals surface area contributed by atoms with E-state index in [-0.39, 0.29) is 5.91 Å². The van der Waals surface area contributed by atoms with Crippen molar-refractivity contribution in [3.63, 3.8) is 0 Å². The molecule has 0 radical (unpaired) electrons. The van der Waals surface area contributed by atoms with Gasteiger partial charge in [-0.3, -0.25) is 0 Å². The topological polar surface area (TPSA) is 55.6 Å². The maximum atomic E-state index is 11.3. The van der Waals surface area contributed by atoms with E-state index in [0.29, 0.717) is 5.92 Å². The van der Waals surface area contributed by atoms with Crippen molar-refractivity contribution in [2.24, 2.45) is 5.92 Å². The number of rotatable bonds is 3. The third-order valence-corrected chi connectivity index (χ3v) is 5.00. The molecular formula is C15H19BN2O2S.